The standard InChI is InChI=1S/C9H9NS2/c1-5-8(10)6-3-2-4-7(11)9(6)12-5/h2-4,11H,10H2,1H3. The molecule has 0 aliphatic heterocycles. The number of nitrogen functional groups attached to an aromatic ring is 1. The van der Waals surface area contributed by atoms with Crippen molar-refractivity contribution >= 4 is 39.7 Å². The number of anilines is 1. The van der Waals surface area contributed by atoms with Gasteiger partial charge in [-0.05, 0) is 13.0 Å². The van der Waals surface area contributed by atoms with E-state index in [2.05, 4.69) is 12.6 Å². The van der Waals surface area contributed by atoms with E-state index in [1.54, 1.807) is 11.3 Å². The average molecular weight is 195 g/mol. The second-order valence-corrected chi connectivity index (χ2v) is 4.43. The van der Waals surface area contributed by atoms with Crippen molar-refractivity contribution in [2.24, 2.45) is 0 Å². The summed E-state index contributed by atoms with van der Waals surface area (Å²) in [5.74, 6) is 0. The molecule has 2 aromatic rings. The van der Waals surface area contributed by atoms with Crippen molar-refractivity contribution in [3.8, 4) is 0 Å². The Bertz CT molecular complexity index is 431. The Morgan fingerprint density at radius 3 is 2.83 bits per heavy atom. The molecule has 12 heavy (non-hydrogen) atoms. The molecular weight excluding hydrogens is 186 g/mol. The maximum atomic E-state index is 5.88. The third kappa shape index (κ3) is 1.01. The van der Waals surface area contributed by atoms with Gasteiger partial charge in [0.15, 0.2) is 0 Å². The second-order valence-electron chi connectivity index (χ2n) is 2.73. The first-order chi connectivity index (χ1) is 5.70. The Morgan fingerprint density at radius 1 is 1.42 bits per heavy atom. The summed E-state index contributed by atoms with van der Waals surface area (Å²) in [5.41, 5.74) is 6.78. The average Bonchev–Trinajstić information content (AvgIpc) is 2.32. The normalized spacial score (nSPS) is 10.8. The fraction of sp³-hybridized carbons (Fsp3) is 0.111. The van der Waals surface area contributed by atoms with Crippen LogP contribution in [0.25, 0.3) is 10.1 Å². The highest BCUT2D eigenvalue weighted by Crippen LogP contribution is 2.36. The van der Waals surface area contributed by atoms with Gasteiger partial charge in [-0.1, -0.05) is 12.1 Å². The van der Waals surface area contributed by atoms with Gasteiger partial charge in [-0.15, -0.1) is 24.0 Å². The maximum Gasteiger partial charge on any atom is 0.0532 e. The van der Waals surface area contributed by atoms with Gasteiger partial charge in [0.1, 0.15) is 0 Å². The van der Waals surface area contributed by atoms with Crippen LogP contribution in [0.3, 0.4) is 0 Å². The highest BCUT2D eigenvalue weighted by Gasteiger charge is 2.06. The second kappa shape index (κ2) is 2.68. The molecule has 2 rings (SSSR count). The van der Waals surface area contributed by atoms with E-state index in [1.165, 1.54) is 9.58 Å². The van der Waals surface area contributed by atoms with Gasteiger partial charge in [-0.3, -0.25) is 0 Å². The molecule has 0 fully saturated rings. The summed E-state index contributed by atoms with van der Waals surface area (Å²) in [6, 6.07) is 6.00. The van der Waals surface area contributed by atoms with Crippen LogP contribution >= 0.6 is 24.0 Å². The Balaban J connectivity index is 2.95. The van der Waals surface area contributed by atoms with Crippen molar-refractivity contribution in [3.05, 3.63) is 23.1 Å². The van der Waals surface area contributed by atoms with Crippen molar-refractivity contribution in [3.63, 3.8) is 0 Å². The van der Waals surface area contributed by atoms with Gasteiger partial charge in [0, 0.05) is 19.9 Å². The summed E-state index contributed by atoms with van der Waals surface area (Å²) < 4.78 is 1.19. The molecule has 0 amide bonds. The van der Waals surface area contributed by atoms with Crippen LogP contribution in [0.2, 0.25) is 0 Å². The molecule has 3 heteroatoms. The first-order valence-electron chi connectivity index (χ1n) is 3.66. The van der Waals surface area contributed by atoms with E-state index < -0.39 is 0 Å². The van der Waals surface area contributed by atoms with Gasteiger partial charge in [0.2, 0.25) is 0 Å². The molecule has 1 aromatic heterocycles. The van der Waals surface area contributed by atoms with E-state index in [1.807, 2.05) is 25.1 Å². The smallest absolute Gasteiger partial charge is 0.0532 e. The molecule has 0 saturated carbocycles. The molecule has 0 aliphatic carbocycles. The van der Waals surface area contributed by atoms with Gasteiger partial charge in [-0.2, -0.15) is 0 Å². The maximum absolute atomic E-state index is 5.88. The minimum Gasteiger partial charge on any atom is -0.397 e. The van der Waals surface area contributed by atoms with E-state index in [0.717, 1.165) is 16.0 Å². The molecule has 1 aromatic carbocycles. The molecule has 0 radical (unpaired) electrons. The molecule has 0 spiro atoms. The fourth-order valence-corrected chi connectivity index (χ4v) is 2.57. The van der Waals surface area contributed by atoms with Gasteiger partial charge < -0.3 is 5.73 Å². The number of nitrogens with two attached hydrogens (primary N) is 1. The van der Waals surface area contributed by atoms with Crippen molar-refractivity contribution in [2.45, 2.75) is 11.8 Å². The van der Waals surface area contributed by atoms with Crippen LogP contribution in [0.4, 0.5) is 5.69 Å². The molecule has 62 valence electrons. The largest absolute Gasteiger partial charge is 0.397 e. The lowest BCUT2D eigenvalue weighted by Gasteiger charge is -1.93. The van der Waals surface area contributed by atoms with Crippen molar-refractivity contribution in [1.29, 1.82) is 0 Å². The predicted octanol–water partition coefficient (Wildman–Crippen LogP) is 3.08. The van der Waals surface area contributed by atoms with Crippen molar-refractivity contribution < 1.29 is 0 Å². The summed E-state index contributed by atoms with van der Waals surface area (Å²) in [6.07, 6.45) is 0. The summed E-state index contributed by atoms with van der Waals surface area (Å²) in [5, 5.41) is 1.13. The van der Waals surface area contributed by atoms with E-state index in [0.29, 0.717) is 0 Å². The van der Waals surface area contributed by atoms with E-state index in [9.17, 15) is 0 Å². The van der Waals surface area contributed by atoms with Crippen LogP contribution in [0.5, 0.6) is 0 Å². The fourth-order valence-electron chi connectivity index (χ4n) is 1.24. The minimum absolute atomic E-state index is 0.894. The molecule has 1 heterocycles. The molecular formula is C9H9NS2. The quantitative estimate of drug-likeness (QED) is 0.621. The third-order valence-corrected chi connectivity index (χ3v) is 3.61. The van der Waals surface area contributed by atoms with Crippen LogP contribution in [-0.4, -0.2) is 0 Å². The zero-order chi connectivity index (χ0) is 8.72. The Labute approximate surface area is 80.6 Å². The lowest BCUT2D eigenvalue weighted by molar-refractivity contribution is 1.60. The molecule has 2 N–H and O–H groups in total. The zero-order valence-corrected chi connectivity index (χ0v) is 8.38. The number of rotatable bonds is 0. The van der Waals surface area contributed by atoms with Crippen LogP contribution in [0.15, 0.2) is 23.1 Å². The monoisotopic (exact) mass is 195 g/mol. The van der Waals surface area contributed by atoms with Gasteiger partial charge in [-0.25, -0.2) is 0 Å². The van der Waals surface area contributed by atoms with Crippen molar-refractivity contribution in [2.75, 3.05) is 5.73 Å². The lowest BCUT2D eigenvalue weighted by Crippen LogP contribution is -1.82. The van der Waals surface area contributed by atoms with Crippen LogP contribution in [0, 0.1) is 6.92 Å². The molecule has 1 nitrogen and oxygen atoms in total. The molecule has 0 saturated heterocycles. The van der Waals surface area contributed by atoms with Crippen molar-refractivity contribution in [1.82, 2.24) is 0 Å². The molecule has 0 bridgehead atoms. The highest BCUT2D eigenvalue weighted by molar-refractivity contribution is 7.80. The van der Waals surface area contributed by atoms with Gasteiger partial charge in [0.25, 0.3) is 0 Å². The van der Waals surface area contributed by atoms with E-state index in [-0.39, 0.29) is 0 Å². The number of benzene rings is 1. The first kappa shape index (κ1) is 7.95. The summed E-state index contributed by atoms with van der Waals surface area (Å²) in [7, 11) is 0. The number of hydrogen-bond donors (Lipinski definition) is 2. The van der Waals surface area contributed by atoms with Gasteiger partial charge >= 0.3 is 0 Å². The predicted molar refractivity (Wildman–Crippen MR) is 58.2 cm³/mol. The van der Waals surface area contributed by atoms with E-state index >= 15 is 0 Å². The van der Waals surface area contributed by atoms with Crippen LogP contribution in [-0.2, 0) is 0 Å². The Hall–Kier alpha value is -0.670. The first-order valence-corrected chi connectivity index (χ1v) is 4.93. The topological polar surface area (TPSA) is 26.0 Å². The molecule has 0 unspecified atom stereocenters. The zero-order valence-electron chi connectivity index (χ0n) is 6.66. The Kier molecular flexibility index (Phi) is 1.77. The molecule has 0 atom stereocenters. The number of thiophene rings is 1. The lowest BCUT2D eigenvalue weighted by atomic mass is 10.2. The highest BCUT2D eigenvalue weighted by atomic mass is 32.1. The number of hydrogen-bond acceptors (Lipinski definition) is 3. The van der Waals surface area contributed by atoms with Crippen LogP contribution in [0.1, 0.15) is 4.88 Å². The van der Waals surface area contributed by atoms with Crippen LogP contribution < -0.4 is 5.73 Å². The summed E-state index contributed by atoms with van der Waals surface area (Å²) in [6.45, 7) is 2.03. The summed E-state index contributed by atoms with van der Waals surface area (Å²) >= 11 is 6.07. The SMILES string of the molecule is Cc1sc2c(S)cccc2c1N. The van der Waals surface area contributed by atoms with E-state index in [4.69, 9.17) is 5.73 Å². The molecule has 0 aliphatic rings. The third-order valence-electron chi connectivity index (χ3n) is 1.92. The minimum atomic E-state index is 0.894. The van der Waals surface area contributed by atoms with Gasteiger partial charge in [0.05, 0.1) is 5.69 Å². The number of thiol groups is 1. The number of fused-ring (bicyclic) bond motifs is 1. The summed E-state index contributed by atoms with van der Waals surface area (Å²) in [4.78, 5) is 2.18. The Morgan fingerprint density at radius 2 is 2.17 bits per heavy atom. The number of aryl methyl sites for hydroxylation is 1.